The van der Waals surface area contributed by atoms with Crippen molar-refractivity contribution in [2.75, 3.05) is 13.7 Å². The summed E-state index contributed by atoms with van der Waals surface area (Å²) in [4.78, 5) is 10.8. The van der Waals surface area contributed by atoms with Gasteiger partial charge in [0.05, 0.1) is 19.8 Å². The van der Waals surface area contributed by atoms with Gasteiger partial charge >= 0.3 is 0 Å². The summed E-state index contributed by atoms with van der Waals surface area (Å²) in [5.41, 5.74) is 1.05. The van der Waals surface area contributed by atoms with E-state index in [2.05, 4.69) is 0 Å². The van der Waals surface area contributed by atoms with Crippen molar-refractivity contribution in [3.63, 3.8) is 0 Å². The van der Waals surface area contributed by atoms with E-state index >= 15 is 0 Å². The van der Waals surface area contributed by atoms with Gasteiger partial charge in [0.1, 0.15) is 12.0 Å². The zero-order valence-corrected chi connectivity index (χ0v) is 11.6. The molecule has 1 aliphatic heterocycles. The summed E-state index contributed by atoms with van der Waals surface area (Å²) >= 11 is 0. The van der Waals surface area contributed by atoms with Crippen molar-refractivity contribution in [3.8, 4) is 5.75 Å². The molecule has 1 heterocycles. The van der Waals surface area contributed by atoms with Gasteiger partial charge in [0, 0.05) is 12.3 Å². The molecule has 0 aromatic heterocycles. The zero-order valence-electron chi connectivity index (χ0n) is 11.6. The minimum atomic E-state index is -0.621. The number of hydrogen-bond donors (Lipinski definition) is 0. The molecule has 0 spiro atoms. The lowest BCUT2D eigenvalue weighted by atomic mass is 9.92. The Kier molecular flexibility index (Phi) is 4.22. The summed E-state index contributed by atoms with van der Waals surface area (Å²) in [5, 5.41) is 0. The molecular formula is C15H20O4. The average Bonchev–Trinajstić information content (AvgIpc) is 2.41. The van der Waals surface area contributed by atoms with Crippen LogP contribution in [-0.2, 0) is 14.3 Å². The third-order valence-electron chi connectivity index (χ3n) is 3.33. The van der Waals surface area contributed by atoms with E-state index in [1.54, 1.807) is 7.11 Å². The molecule has 2 atom stereocenters. The van der Waals surface area contributed by atoms with Crippen LogP contribution in [0.3, 0.4) is 0 Å². The van der Waals surface area contributed by atoms with E-state index in [1.165, 1.54) is 0 Å². The number of carbonyl (C=O) groups excluding carboxylic acids is 1. The van der Waals surface area contributed by atoms with Crippen molar-refractivity contribution in [3.05, 3.63) is 29.8 Å². The molecule has 2 rings (SSSR count). The molecule has 0 bridgehead atoms. The normalized spacial score (nSPS) is 25.8. The highest BCUT2D eigenvalue weighted by molar-refractivity contribution is 5.50. The van der Waals surface area contributed by atoms with Crippen LogP contribution >= 0.6 is 0 Å². The van der Waals surface area contributed by atoms with E-state index in [-0.39, 0.29) is 12.0 Å². The standard InChI is InChI=1S/C15H20O4/c1-15(2)18-10-12(8-9-16)14(19-15)11-4-6-13(17-3)7-5-11/h4-7,9,12,14H,8,10H2,1-3H3/t12-,14-/m0/s1. The number of aldehydes is 1. The first-order chi connectivity index (χ1) is 9.05. The molecule has 1 aromatic rings. The van der Waals surface area contributed by atoms with Crippen LogP contribution in [0.25, 0.3) is 0 Å². The van der Waals surface area contributed by atoms with Crippen molar-refractivity contribution in [1.29, 1.82) is 0 Å². The number of methoxy groups -OCH3 is 1. The maximum atomic E-state index is 10.8. The third-order valence-corrected chi connectivity index (χ3v) is 3.33. The molecule has 1 aliphatic rings. The summed E-state index contributed by atoms with van der Waals surface area (Å²) in [6.45, 7) is 4.31. The molecule has 0 N–H and O–H groups in total. The minimum absolute atomic E-state index is 0.0546. The Morgan fingerprint density at radius 2 is 2.05 bits per heavy atom. The fourth-order valence-corrected chi connectivity index (χ4v) is 2.28. The molecular weight excluding hydrogens is 244 g/mol. The van der Waals surface area contributed by atoms with Gasteiger partial charge in [-0.3, -0.25) is 0 Å². The Bertz CT molecular complexity index is 424. The Balaban J connectivity index is 2.22. The second kappa shape index (κ2) is 5.72. The lowest BCUT2D eigenvalue weighted by molar-refractivity contribution is -0.295. The molecule has 19 heavy (non-hydrogen) atoms. The summed E-state index contributed by atoms with van der Waals surface area (Å²) in [6, 6.07) is 7.75. The van der Waals surface area contributed by atoms with Crippen molar-refractivity contribution in [2.45, 2.75) is 32.2 Å². The topological polar surface area (TPSA) is 44.8 Å². The first-order valence-corrected chi connectivity index (χ1v) is 6.45. The van der Waals surface area contributed by atoms with Crippen LogP contribution in [0.2, 0.25) is 0 Å². The lowest BCUT2D eigenvalue weighted by Crippen LogP contribution is -2.41. The Morgan fingerprint density at radius 3 is 2.63 bits per heavy atom. The molecule has 4 heteroatoms. The SMILES string of the molecule is COc1ccc([C@@H]2OC(C)(C)OC[C@@H]2CC=O)cc1. The van der Waals surface area contributed by atoms with Crippen LogP contribution in [0.4, 0.5) is 0 Å². The number of ether oxygens (including phenoxy) is 3. The number of hydrogen-bond acceptors (Lipinski definition) is 4. The maximum Gasteiger partial charge on any atom is 0.163 e. The van der Waals surface area contributed by atoms with E-state index in [4.69, 9.17) is 14.2 Å². The van der Waals surface area contributed by atoms with E-state index < -0.39 is 5.79 Å². The van der Waals surface area contributed by atoms with E-state index in [0.717, 1.165) is 17.6 Å². The number of rotatable bonds is 4. The first-order valence-electron chi connectivity index (χ1n) is 6.45. The maximum absolute atomic E-state index is 10.8. The highest BCUT2D eigenvalue weighted by Crippen LogP contribution is 2.38. The molecule has 4 nitrogen and oxygen atoms in total. The molecule has 0 saturated carbocycles. The Morgan fingerprint density at radius 1 is 1.37 bits per heavy atom. The quantitative estimate of drug-likeness (QED) is 0.784. The first kappa shape index (κ1) is 14.0. The van der Waals surface area contributed by atoms with Gasteiger partial charge in [-0.15, -0.1) is 0 Å². The van der Waals surface area contributed by atoms with Crippen LogP contribution in [-0.4, -0.2) is 25.8 Å². The summed E-state index contributed by atoms with van der Waals surface area (Å²) in [6.07, 6.45) is 1.23. The highest BCUT2D eigenvalue weighted by atomic mass is 16.7. The van der Waals surface area contributed by atoms with E-state index in [0.29, 0.717) is 13.0 Å². The monoisotopic (exact) mass is 264 g/mol. The van der Waals surface area contributed by atoms with Gasteiger partial charge in [-0.25, -0.2) is 0 Å². The average molecular weight is 264 g/mol. The van der Waals surface area contributed by atoms with E-state index in [1.807, 2.05) is 38.1 Å². The lowest BCUT2D eigenvalue weighted by Gasteiger charge is -2.40. The molecule has 0 radical (unpaired) electrons. The highest BCUT2D eigenvalue weighted by Gasteiger charge is 2.37. The molecule has 1 saturated heterocycles. The molecule has 1 aromatic carbocycles. The van der Waals surface area contributed by atoms with Crippen LogP contribution in [0, 0.1) is 5.92 Å². The van der Waals surface area contributed by atoms with Crippen molar-refractivity contribution in [2.24, 2.45) is 5.92 Å². The third kappa shape index (κ3) is 3.33. The van der Waals surface area contributed by atoms with Crippen LogP contribution in [0.1, 0.15) is 31.9 Å². The summed E-state index contributed by atoms with van der Waals surface area (Å²) in [5.74, 6) is 0.241. The van der Waals surface area contributed by atoms with Crippen LogP contribution in [0.15, 0.2) is 24.3 Å². The largest absolute Gasteiger partial charge is 0.497 e. The second-order valence-electron chi connectivity index (χ2n) is 5.18. The summed E-state index contributed by atoms with van der Waals surface area (Å²) in [7, 11) is 1.64. The fourth-order valence-electron chi connectivity index (χ4n) is 2.28. The van der Waals surface area contributed by atoms with Gasteiger partial charge in [0.25, 0.3) is 0 Å². The predicted octanol–water partition coefficient (Wildman–Crippen LogP) is 2.72. The molecule has 0 unspecified atom stereocenters. The Hall–Kier alpha value is -1.39. The van der Waals surface area contributed by atoms with Crippen molar-refractivity contribution in [1.82, 2.24) is 0 Å². The van der Waals surface area contributed by atoms with Gasteiger partial charge < -0.3 is 19.0 Å². The number of benzene rings is 1. The molecule has 0 aliphatic carbocycles. The minimum Gasteiger partial charge on any atom is -0.497 e. The fraction of sp³-hybridized carbons (Fsp3) is 0.533. The van der Waals surface area contributed by atoms with Gasteiger partial charge in [0.2, 0.25) is 0 Å². The Labute approximate surface area is 113 Å². The molecule has 1 fully saturated rings. The zero-order chi connectivity index (χ0) is 13.9. The van der Waals surface area contributed by atoms with Gasteiger partial charge in [-0.05, 0) is 31.5 Å². The second-order valence-corrected chi connectivity index (χ2v) is 5.18. The van der Waals surface area contributed by atoms with Crippen molar-refractivity contribution >= 4 is 6.29 Å². The smallest absolute Gasteiger partial charge is 0.163 e. The summed E-state index contributed by atoms with van der Waals surface area (Å²) < 4.78 is 16.7. The molecule has 104 valence electrons. The number of carbonyl (C=O) groups is 1. The van der Waals surface area contributed by atoms with E-state index in [9.17, 15) is 4.79 Å². The predicted molar refractivity (Wildman–Crippen MR) is 71.0 cm³/mol. The molecule has 0 amide bonds. The van der Waals surface area contributed by atoms with Gasteiger partial charge in [-0.2, -0.15) is 0 Å². The van der Waals surface area contributed by atoms with Crippen LogP contribution in [0.5, 0.6) is 5.75 Å². The van der Waals surface area contributed by atoms with Gasteiger partial charge in [-0.1, -0.05) is 12.1 Å². The van der Waals surface area contributed by atoms with Gasteiger partial charge in [0.15, 0.2) is 5.79 Å². The van der Waals surface area contributed by atoms with Crippen LogP contribution < -0.4 is 4.74 Å². The van der Waals surface area contributed by atoms with Crippen molar-refractivity contribution < 1.29 is 19.0 Å².